The van der Waals surface area contributed by atoms with E-state index in [1.165, 1.54) is 17.7 Å². The fourth-order valence-electron chi connectivity index (χ4n) is 2.16. The lowest BCUT2D eigenvalue weighted by Gasteiger charge is -2.27. The van der Waals surface area contributed by atoms with E-state index in [0.717, 1.165) is 18.9 Å². The third-order valence-corrected chi connectivity index (χ3v) is 3.03. The Labute approximate surface area is 91.5 Å². The summed E-state index contributed by atoms with van der Waals surface area (Å²) in [6.45, 7) is 8.59. The van der Waals surface area contributed by atoms with Gasteiger partial charge in [-0.1, -0.05) is 0 Å². The van der Waals surface area contributed by atoms with Crippen molar-refractivity contribution in [1.82, 2.24) is 4.98 Å². The van der Waals surface area contributed by atoms with Crippen molar-refractivity contribution in [2.24, 2.45) is 0 Å². The summed E-state index contributed by atoms with van der Waals surface area (Å²) in [5.74, 6) is 1.10. The van der Waals surface area contributed by atoms with E-state index in [-0.39, 0.29) is 0 Å². The first kappa shape index (κ1) is 10.3. The number of nitrogens with one attached hydrogen (secondary N) is 1. The predicted octanol–water partition coefficient (Wildman–Crippen LogP) is 2.42. The molecule has 82 valence electrons. The van der Waals surface area contributed by atoms with Gasteiger partial charge in [-0.15, -0.1) is 0 Å². The molecule has 0 fully saturated rings. The second-order valence-electron chi connectivity index (χ2n) is 4.23. The van der Waals surface area contributed by atoms with E-state index in [2.05, 4.69) is 42.0 Å². The first-order chi connectivity index (χ1) is 7.22. The SMILES string of the molecule is CCN1c2ncc(C)cc2NCCC1C. The van der Waals surface area contributed by atoms with Gasteiger partial charge in [0.1, 0.15) is 0 Å². The van der Waals surface area contributed by atoms with Gasteiger partial charge in [-0.2, -0.15) is 0 Å². The van der Waals surface area contributed by atoms with Crippen molar-refractivity contribution in [3.05, 3.63) is 17.8 Å². The second-order valence-corrected chi connectivity index (χ2v) is 4.23. The zero-order valence-electron chi connectivity index (χ0n) is 9.75. The summed E-state index contributed by atoms with van der Waals surface area (Å²) < 4.78 is 0. The molecule has 2 rings (SSSR count). The van der Waals surface area contributed by atoms with Crippen LogP contribution in [0.15, 0.2) is 12.3 Å². The molecule has 0 saturated heterocycles. The number of hydrogen-bond acceptors (Lipinski definition) is 3. The van der Waals surface area contributed by atoms with Crippen molar-refractivity contribution < 1.29 is 0 Å². The molecule has 1 aliphatic heterocycles. The molecule has 0 saturated carbocycles. The number of fused-ring (bicyclic) bond motifs is 1. The molecule has 0 aromatic carbocycles. The number of rotatable bonds is 1. The summed E-state index contributed by atoms with van der Waals surface area (Å²) in [6, 6.07) is 2.75. The Balaban J connectivity index is 2.43. The van der Waals surface area contributed by atoms with E-state index < -0.39 is 0 Å². The van der Waals surface area contributed by atoms with Crippen LogP contribution in [0.3, 0.4) is 0 Å². The Morgan fingerprint density at radius 2 is 2.40 bits per heavy atom. The van der Waals surface area contributed by atoms with Crippen LogP contribution in [0.25, 0.3) is 0 Å². The van der Waals surface area contributed by atoms with E-state index in [0.29, 0.717) is 6.04 Å². The molecular weight excluding hydrogens is 186 g/mol. The molecule has 2 heterocycles. The fraction of sp³-hybridized carbons (Fsp3) is 0.583. The van der Waals surface area contributed by atoms with Crippen LogP contribution >= 0.6 is 0 Å². The Kier molecular flexibility index (Phi) is 2.80. The van der Waals surface area contributed by atoms with Gasteiger partial charge >= 0.3 is 0 Å². The number of nitrogens with zero attached hydrogens (tertiary/aromatic N) is 2. The average Bonchev–Trinajstić information content (AvgIpc) is 2.36. The number of pyridine rings is 1. The van der Waals surface area contributed by atoms with Crippen LogP contribution in [-0.2, 0) is 0 Å². The van der Waals surface area contributed by atoms with Gasteiger partial charge in [0.05, 0.1) is 5.69 Å². The van der Waals surface area contributed by atoms with Crippen LogP contribution in [0.1, 0.15) is 25.8 Å². The van der Waals surface area contributed by atoms with E-state index in [1.54, 1.807) is 0 Å². The minimum absolute atomic E-state index is 0.568. The highest BCUT2D eigenvalue weighted by Gasteiger charge is 2.20. The maximum atomic E-state index is 4.54. The summed E-state index contributed by atoms with van der Waals surface area (Å²) >= 11 is 0. The summed E-state index contributed by atoms with van der Waals surface area (Å²) in [7, 11) is 0. The van der Waals surface area contributed by atoms with Crippen molar-refractivity contribution in [1.29, 1.82) is 0 Å². The first-order valence-corrected chi connectivity index (χ1v) is 5.69. The van der Waals surface area contributed by atoms with E-state index in [4.69, 9.17) is 0 Å². The zero-order valence-corrected chi connectivity index (χ0v) is 9.75. The van der Waals surface area contributed by atoms with Crippen LogP contribution in [0.4, 0.5) is 11.5 Å². The van der Waals surface area contributed by atoms with Gasteiger partial charge in [-0.05, 0) is 38.8 Å². The van der Waals surface area contributed by atoms with Crippen molar-refractivity contribution in [3.8, 4) is 0 Å². The van der Waals surface area contributed by atoms with E-state index >= 15 is 0 Å². The molecule has 1 aliphatic rings. The van der Waals surface area contributed by atoms with E-state index in [1.807, 2.05) is 6.20 Å². The Bertz CT molecular complexity index is 349. The first-order valence-electron chi connectivity index (χ1n) is 5.69. The predicted molar refractivity (Wildman–Crippen MR) is 64.6 cm³/mol. The van der Waals surface area contributed by atoms with Crippen molar-refractivity contribution in [3.63, 3.8) is 0 Å². The van der Waals surface area contributed by atoms with Crippen LogP contribution in [0.5, 0.6) is 0 Å². The highest BCUT2D eigenvalue weighted by molar-refractivity contribution is 5.67. The van der Waals surface area contributed by atoms with Crippen LogP contribution < -0.4 is 10.2 Å². The molecule has 1 aromatic rings. The maximum absolute atomic E-state index is 4.54. The van der Waals surface area contributed by atoms with Gasteiger partial charge in [-0.25, -0.2) is 4.98 Å². The average molecular weight is 205 g/mol. The second kappa shape index (κ2) is 4.09. The standard InChI is InChI=1S/C12H19N3/c1-4-15-10(3)5-6-13-11-7-9(2)8-14-12(11)15/h7-8,10,13H,4-6H2,1-3H3. The number of hydrogen-bond donors (Lipinski definition) is 1. The normalized spacial score (nSPS) is 20.5. The highest BCUT2D eigenvalue weighted by Crippen LogP contribution is 2.28. The van der Waals surface area contributed by atoms with Crippen LogP contribution in [0, 0.1) is 6.92 Å². The third-order valence-electron chi connectivity index (χ3n) is 3.03. The zero-order chi connectivity index (χ0) is 10.8. The molecule has 0 amide bonds. The number of aromatic nitrogens is 1. The topological polar surface area (TPSA) is 28.2 Å². The summed E-state index contributed by atoms with van der Waals surface area (Å²) in [5, 5.41) is 3.46. The van der Waals surface area contributed by atoms with Gasteiger partial charge in [0, 0.05) is 25.3 Å². The Hall–Kier alpha value is -1.25. The van der Waals surface area contributed by atoms with Gasteiger partial charge < -0.3 is 10.2 Å². The van der Waals surface area contributed by atoms with Crippen molar-refractivity contribution in [2.45, 2.75) is 33.2 Å². The minimum Gasteiger partial charge on any atom is -0.382 e. The largest absolute Gasteiger partial charge is 0.382 e. The van der Waals surface area contributed by atoms with Crippen molar-refractivity contribution >= 4 is 11.5 Å². The molecule has 3 heteroatoms. The molecule has 0 aliphatic carbocycles. The Morgan fingerprint density at radius 1 is 1.60 bits per heavy atom. The number of aryl methyl sites for hydroxylation is 1. The minimum atomic E-state index is 0.568. The molecule has 1 atom stereocenters. The van der Waals surface area contributed by atoms with Gasteiger partial charge in [-0.3, -0.25) is 0 Å². The third kappa shape index (κ3) is 1.91. The summed E-state index contributed by atoms with van der Waals surface area (Å²) in [4.78, 5) is 6.91. The summed E-state index contributed by atoms with van der Waals surface area (Å²) in [5.41, 5.74) is 2.40. The van der Waals surface area contributed by atoms with Crippen molar-refractivity contribution in [2.75, 3.05) is 23.3 Å². The summed E-state index contributed by atoms with van der Waals surface area (Å²) in [6.07, 6.45) is 3.12. The quantitative estimate of drug-likeness (QED) is 0.763. The number of anilines is 2. The lowest BCUT2D eigenvalue weighted by atomic mass is 10.2. The maximum Gasteiger partial charge on any atom is 0.152 e. The molecule has 0 radical (unpaired) electrons. The molecule has 1 unspecified atom stereocenters. The van der Waals surface area contributed by atoms with Crippen LogP contribution in [-0.4, -0.2) is 24.1 Å². The van der Waals surface area contributed by atoms with Crippen LogP contribution in [0.2, 0.25) is 0 Å². The molecule has 15 heavy (non-hydrogen) atoms. The molecule has 1 aromatic heterocycles. The lowest BCUT2D eigenvalue weighted by molar-refractivity contribution is 0.621. The molecular formula is C12H19N3. The monoisotopic (exact) mass is 205 g/mol. The van der Waals surface area contributed by atoms with E-state index in [9.17, 15) is 0 Å². The fourth-order valence-corrected chi connectivity index (χ4v) is 2.16. The van der Waals surface area contributed by atoms with Gasteiger partial charge in [0.2, 0.25) is 0 Å². The smallest absolute Gasteiger partial charge is 0.152 e. The molecule has 1 N–H and O–H groups in total. The van der Waals surface area contributed by atoms with Gasteiger partial charge in [0.15, 0.2) is 5.82 Å². The van der Waals surface area contributed by atoms with Gasteiger partial charge in [0.25, 0.3) is 0 Å². The molecule has 0 bridgehead atoms. The Morgan fingerprint density at radius 3 is 3.13 bits per heavy atom. The molecule has 3 nitrogen and oxygen atoms in total. The molecule has 0 spiro atoms. The highest BCUT2D eigenvalue weighted by atomic mass is 15.2. The lowest BCUT2D eigenvalue weighted by Crippen LogP contribution is -2.33.